The van der Waals surface area contributed by atoms with Crippen molar-refractivity contribution in [3.05, 3.63) is 70.8 Å². The molecule has 0 aromatic heterocycles. The molecule has 238 valence electrons. The number of aliphatic carboxylic acids is 1. The summed E-state index contributed by atoms with van der Waals surface area (Å²) in [6, 6.07) is 12.6. The van der Waals surface area contributed by atoms with Crippen molar-refractivity contribution < 1.29 is 37.4 Å². The molecule has 0 bridgehead atoms. The highest BCUT2D eigenvalue weighted by atomic mass is 19.4. The normalized spacial score (nSPS) is 19.7. The van der Waals surface area contributed by atoms with Gasteiger partial charge in [0, 0.05) is 70.1 Å². The molecule has 0 unspecified atom stereocenters. The van der Waals surface area contributed by atoms with Crippen LogP contribution in [0.4, 0.5) is 18.0 Å². The number of benzene rings is 2. The highest BCUT2D eigenvalue weighted by molar-refractivity contribution is 5.94. The van der Waals surface area contributed by atoms with Crippen LogP contribution in [0.15, 0.2) is 48.5 Å². The summed E-state index contributed by atoms with van der Waals surface area (Å²) in [5.41, 5.74) is 1.03. The molecule has 2 aromatic carbocycles. The maximum Gasteiger partial charge on any atom is 0.416 e. The minimum absolute atomic E-state index is 0.0785. The van der Waals surface area contributed by atoms with E-state index in [1.165, 1.54) is 12.1 Å². The van der Waals surface area contributed by atoms with E-state index < -0.39 is 23.3 Å². The third-order valence-corrected chi connectivity index (χ3v) is 8.87. The number of hydrogen-bond acceptors (Lipinski definition) is 6. The van der Waals surface area contributed by atoms with E-state index in [9.17, 15) is 27.6 Å². The van der Waals surface area contributed by atoms with Crippen molar-refractivity contribution in [3.63, 3.8) is 0 Å². The molecule has 12 heteroatoms. The number of nitrogens with zero attached hydrogens (tertiary/aromatic N) is 3. The van der Waals surface area contributed by atoms with Crippen LogP contribution in [0.2, 0.25) is 0 Å². The van der Waals surface area contributed by atoms with E-state index in [4.69, 9.17) is 9.84 Å². The summed E-state index contributed by atoms with van der Waals surface area (Å²) in [4.78, 5) is 42.4. The minimum atomic E-state index is -4.35. The summed E-state index contributed by atoms with van der Waals surface area (Å²) >= 11 is 0. The molecule has 3 saturated heterocycles. The van der Waals surface area contributed by atoms with Gasteiger partial charge in [-0.3, -0.25) is 19.4 Å². The summed E-state index contributed by atoms with van der Waals surface area (Å²) in [5.74, 6) is -0.915. The van der Waals surface area contributed by atoms with Crippen LogP contribution >= 0.6 is 0 Å². The third-order valence-electron chi connectivity index (χ3n) is 8.87. The van der Waals surface area contributed by atoms with Crippen LogP contribution in [0.1, 0.15) is 65.6 Å². The number of carbonyl (C=O) groups is 3. The number of carboxylic acid groups (broad SMARTS) is 1. The number of ether oxygens (including phenoxy) is 1. The summed E-state index contributed by atoms with van der Waals surface area (Å²) in [5, 5.41) is 11.9. The standard InChI is InChI=1S/C32H39F3N4O5/c33-32(34,35)26-9-5-23(6-10-26)20-38-18-13-31(14-19-38)22-39(30(43)44-31)21-24-3-7-25(8-4-24)29(42)36-27-11-16-37(17-12-27)15-1-2-28(40)41/h3-10,27H,1-2,11-22H2,(H,36,42)(H,40,41). The Labute approximate surface area is 254 Å². The number of nitrogens with one attached hydrogen (secondary N) is 1. The molecule has 3 aliphatic rings. The molecule has 2 N–H and O–H groups in total. The quantitative estimate of drug-likeness (QED) is 0.397. The van der Waals surface area contributed by atoms with Gasteiger partial charge in [-0.25, -0.2) is 4.79 Å². The Bertz CT molecular complexity index is 1300. The molecule has 0 radical (unpaired) electrons. The van der Waals surface area contributed by atoms with E-state index in [1.54, 1.807) is 17.0 Å². The van der Waals surface area contributed by atoms with Crippen molar-refractivity contribution in [3.8, 4) is 0 Å². The van der Waals surface area contributed by atoms with Crippen LogP contribution < -0.4 is 5.32 Å². The van der Waals surface area contributed by atoms with E-state index in [2.05, 4.69) is 15.1 Å². The molecule has 3 heterocycles. The molecular formula is C32H39F3N4O5. The van der Waals surface area contributed by atoms with Gasteiger partial charge >= 0.3 is 18.2 Å². The van der Waals surface area contributed by atoms with E-state index in [1.807, 2.05) is 12.1 Å². The van der Waals surface area contributed by atoms with Gasteiger partial charge in [0.1, 0.15) is 5.60 Å². The number of amides is 2. The van der Waals surface area contributed by atoms with Gasteiger partial charge in [0.15, 0.2) is 0 Å². The first-order chi connectivity index (χ1) is 21.0. The lowest BCUT2D eigenvalue weighted by Gasteiger charge is -2.37. The summed E-state index contributed by atoms with van der Waals surface area (Å²) in [6.07, 6.45) is -0.975. The van der Waals surface area contributed by atoms with Crippen molar-refractivity contribution in [2.24, 2.45) is 0 Å². The lowest BCUT2D eigenvalue weighted by atomic mass is 9.91. The first-order valence-electron chi connectivity index (χ1n) is 15.2. The van der Waals surface area contributed by atoms with Crippen molar-refractivity contribution >= 4 is 18.0 Å². The Kier molecular flexibility index (Phi) is 9.79. The fourth-order valence-electron chi connectivity index (χ4n) is 6.26. The van der Waals surface area contributed by atoms with Gasteiger partial charge in [-0.05, 0) is 61.2 Å². The second-order valence-electron chi connectivity index (χ2n) is 12.2. The average molecular weight is 617 g/mol. The summed E-state index contributed by atoms with van der Waals surface area (Å²) in [6.45, 7) is 5.15. The van der Waals surface area contributed by atoms with Gasteiger partial charge in [-0.2, -0.15) is 13.2 Å². The van der Waals surface area contributed by atoms with E-state index in [-0.39, 0.29) is 24.5 Å². The Morgan fingerprint density at radius 2 is 1.52 bits per heavy atom. The molecule has 3 fully saturated rings. The molecule has 44 heavy (non-hydrogen) atoms. The molecule has 3 aliphatic heterocycles. The van der Waals surface area contributed by atoms with Crippen molar-refractivity contribution in [1.82, 2.24) is 20.0 Å². The molecule has 1 spiro atoms. The van der Waals surface area contributed by atoms with Crippen LogP contribution in [0.25, 0.3) is 0 Å². The highest BCUT2D eigenvalue weighted by Crippen LogP contribution is 2.35. The predicted molar refractivity (Wildman–Crippen MR) is 156 cm³/mol. The number of carbonyl (C=O) groups excluding carboxylic acids is 2. The number of rotatable bonds is 10. The Morgan fingerprint density at radius 1 is 0.909 bits per heavy atom. The first-order valence-corrected chi connectivity index (χ1v) is 15.2. The van der Waals surface area contributed by atoms with Gasteiger partial charge in [0.25, 0.3) is 5.91 Å². The molecule has 5 rings (SSSR count). The Morgan fingerprint density at radius 3 is 2.14 bits per heavy atom. The van der Waals surface area contributed by atoms with Gasteiger partial charge in [-0.15, -0.1) is 0 Å². The maximum atomic E-state index is 12.8. The predicted octanol–water partition coefficient (Wildman–Crippen LogP) is 4.75. The zero-order valence-corrected chi connectivity index (χ0v) is 24.7. The van der Waals surface area contributed by atoms with Gasteiger partial charge < -0.3 is 20.1 Å². The second kappa shape index (κ2) is 13.6. The molecule has 0 atom stereocenters. The van der Waals surface area contributed by atoms with Gasteiger partial charge in [0.2, 0.25) is 0 Å². The SMILES string of the molecule is O=C(O)CCCN1CCC(NC(=O)c2ccc(CN3CC4(CCN(Cc5ccc(C(F)(F)F)cc5)CC4)OC3=O)cc2)CC1. The number of alkyl halides is 3. The topological polar surface area (TPSA) is 102 Å². The molecular weight excluding hydrogens is 577 g/mol. The van der Waals surface area contributed by atoms with Gasteiger partial charge in [-0.1, -0.05) is 24.3 Å². The minimum Gasteiger partial charge on any atom is -0.481 e. The van der Waals surface area contributed by atoms with Crippen molar-refractivity contribution in [2.75, 3.05) is 39.3 Å². The van der Waals surface area contributed by atoms with Crippen LogP contribution in [0.3, 0.4) is 0 Å². The number of likely N-dealkylation sites (tertiary alicyclic amines) is 2. The third kappa shape index (κ3) is 8.29. The monoisotopic (exact) mass is 616 g/mol. The number of halogens is 3. The largest absolute Gasteiger partial charge is 0.481 e. The van der Waals surface area contributed by atoms with E-state index >= 15 is 0 Å². The molecule has 0 aliphatic carbocycles. The van der Waals surface area contributed by atoms with Crippen molar-refractivity contribution in [1.29, 1.82) is 0 Å². The zero-order chi connectivity index (χ0) is 31.3. The van der Waals surface area contributed by atoms with Crippen LogP contribution in [0, 0.1) is 0 Å². The summed E-state index contributed by atoms with van der Waals surface area (Å²) < 4.78 is 44.4. The smallest absolute Gasteiger partial charge is 0.416 e. The highest BCUT2D eigenvalue weighted by Gasteiger charge is 2.46. The van der Waals surface area contributed by atoms with Gasteiger partial charge in [0.05, 0.1) is 12.1 Å². The molecule has 0 saturated carbocycles. The van der Waals surface area contributed by atoms with Crippen molar-refractivity contribution in [2.45, 2.75) is 69.4 Å². The zero-order valence-electron chi connectivity index (χ0n) is 24.7. The lowest BCUT2D eigenvalue weighted by Crippen LogP contribution is -2.46. The number of piperidine rings is 2. The van der Waals surface area contributed by atoms with Crippen LogP contribution in [-0.4, -0.2) is 88.7 Å². The van der Waals surface area contributed by atoms with E-state index in [0.29, 0.717) is 57.5 Å². The number of carboxylic acids is 1. The van der Waals surface area contributed by atoms with E-state index in [0.717, 1.165) is 55.7 Å². The Hall–Kier alpha value is -3.64. The van der Waals surface area contributed by atoms with Crippen LogP contribution in [-0.2, 0) is 28.8 Å². The molecule has 2 amide bonds. The lowest BCUT2D eigenvalue weighted by molar-refractivity contribution is -0.138. The number of hydrogen-bond donors (Lipinski definition) is 2. The molecule has 2 aromatic rings. The maximum absolute atomic E-state index is 12.8. The fraction of sp³-hybridized carbons (Fsp3) is 0.531. The summed E-state index contributed by atoms with van der Waals surface area (Å²) in [7, 11) is 0. The first kappa shape index (κ1) is 31.8. The fourth-order valence-corrected chi connectivity index (χ4v) is 6.26. The van der Waals surface area contributed by atoms with Crippen LogP contribution in [0.5, 0.6) is 0 Å². The molecule has 9 nitrogen and oxygen atoms in total. The second-order valence-corrected chi connectivity index (χ2v) is 12.2. The average Bonchev–Trinajstić information content (AvgIpc) is 3.29. The Balaban J connectivity index is 1.05.